The van der Waals surface area contributed by atoms with E-state index >= 15 is 0 Å². The van der Waals surface area contributed by atoms with Crippen LogP contribution >= 0.6 is 0 Å². The van der Waals surface area contributed by atoms with Gasteiger partial charge in [0.2, 0.25) is 5.91 Å². The topological polar surface area (TPSA) is 78.2 Å². The summed E-state index contributed by atoms with van der Waals surface area (Å²) in [5.41, 5.74) is 0.545. The van der Waals surface area contributed by atoms with Crippen molar-refractivity contribution in [3.63, 3.8) is 0 Å². The molecule has 0 bridgehead atoms. The van der Waals surface area contributed by atoms with E-state index in [-0.39, 0.29) is 18.1 Å². The molecule has 4 rings (SSSR count). The number of hydrogen-bond acceptors (Lipinski definition) is 5. The molecule has 1 aromatic rings. The number of nitrogens with zero attached hydrogens (tertiary/aromatic N) is 3. The predicted octanol–water partition coefficient (Wildman–Crippen LogP) is 3.59. The molecule has 6 heteroatoms. The van der Waals surface area contributed by atoms with E-state index in [1.54, 1.807) is 18.3 Å². The van der Waals surface area contributed by atoms with Crippen molar-refractivity contribution in [2.24, 2.45) is 17.8 Å². The molecule has 0 aromatic carbocycles. The summed E-state index contributed by atoms with van der Waals surface area (Å²) in [5.74, 6) is 2.46. The lowest BCUT2D eigenvalue weighted by Crippen LogP contribution is -2.46. The number of carbonyl (C=O) groups is 1. The van der Waals surface area contributed by atoms with Crippen LogP contribution in [-0.4, -0.2) is 47.6 Å². The van der Waals surface area contributed by atoms with Crippen molar-refractivity contribution >= 4 is 11.7 Å². The molecule has 5 atom stereocenters. The fraction of sp³-hybridized carbons (Fsp3) is 0.696. The number of amides is 1. The lowest BCUT2D eigenvalue weighted by atomic mass is 9.82. The monoisotopic (exact) mass is 396 g/mol. The number of hydrogen-bond donors (Lipinski definition) is 1. The van der Waals surface area contributed by atoms with Crippen molar-refractivity contribution in [1.82, 2.24) is 9.88 Å². The molecule has 2 aliphatic carbocycles. The van der Waals surface area contributed by atoms with Crippen LogP contribution in [0, 0.1) is 29.1 Å². The number of rotatable bonds is 6. The zero-order valence-corrected chi connectivity index (χ0v) is 17.3. The van der Waals surface area contributed by atoms with E-state index < -0.39 is 0 Å². The Labute approximate surface area is 173 Å². The largest absolute Gasteiger partial charge is 0.376 e. The average Bonchev–Trinajstić information content (AvgIpc) is 3.35. The second-order valence-electron chi connectivity index (χ2n) is 8.88. The number of carbonyl (C=O) groups excluding carboxylic acids is 1. The first kappa shape index (κ1) is 20.2. The predicted molar refractivity (Wildman–Crippen MR) is 111 cm³/mol. The van der Waals surface area contributed by atoms with Crippen molar-refractivity contribution in [1.29, 1.82) is 5.26 Å². The highest BCUT2D eigenvalue weighted by Crippen LogP contribution is 2.39. The number of nitriles is 1. The van der Waals surface area contributed by atoms with Gasteiger partial charge in [0.15, 0.2) is 0 Å². The molecule has 29 heavy (non-hydrogen) atoms. The highest BCUT2D eigenvalue weighted by Gasteiger charge is 2.42. The highest BCUT2D eigenvalue weighted by molar-refractivity contribution is 5.79. The van der Waals surface area contributed by atoms with Gasteiger partial charge in [0.1, 0.15) is 11.9 Å². The van der Waals surface area contributed by atoms with E-state index in [9.17, 15) is 10.1 Å². The third kappa shape index (κ3) is 4.40. The van der Waals surface area contributed by atoms with Crippen LogP contribution in [0.4, 0.5) is 5.82 Å². The quantitative estimate of drug-likeness (QED) is 0.795. The van der Waals surface area contributed by atoms with Gasteiger partial charge < -0.3 is 15.0 Å². The van der Waals surface area contributed by atoms with Gasteiger partial charge in [-0.1, -0.05) is 13.3 Å². The Morgan fingerprint density at radius 2 is 2.10 bits per heavy atom. The Kier molecular flexibility index (Phi) is 6.34. The number of anilines is 1. The van der Waals surface area contributed by atoms with E-state index in [2.05, 4.69) is 28.2 Å². The molecule has 2 heterocycles. The molecule has 1 saturated heterocycles. The first-order valence-electron chi connectivity index (χ1n) is 11.2. The Balaban J connectivity index is 1.41. The van der Waals surface area contributed by atoms with Gasteiger partial charge in [0.05, 0.1) is 17.7 Å². The minimum atomic E-state index is -0.0340. The number of aromatic nitrogens is 1. The van der Waals surface area contributed by atoms with Crippen LogP contribution in [0.5, 0.6) is 0 Å². The van der Waals surface area contributed by atoms with Gasteiger partial charge >= 0.3 is 0 Å². The van der Waals surface area contributed by atoms with Crippen molar-refractivity contribution in [3.8, 4) is 6.07 Å². The molecule has 1 aliphatic heterocycles. The molecular weight excluding hydrogens is 364 g/mol. The number of fused-ring (bicyclic) bond motifs is 1. The molecule has 1 amide bonds. The van der Waals surface area contributed by atoms with Gasteiger partial charge in [0.25, 0.3) is 0 Å². The van der Waals surface area contributed by atoms with Gasteiger partial charge in [-0.15, -0.1) is 0 Å². The van der Waals surface area contributed by atoms with Crippen LogP contribution in [0.2, 0.25) is 0 Å². The maximum Gasteiger partial charge on any atom is 0.225 e. The SMILES string of the molecule is CCCO[C@H]1C[C@@H](C(=O)N2C[C@H]3CCC[C@H]3C2)CC[C@@H]1Nc1ncccc1C#N. The smallest absolute Gasteiger partial charge is 0.225 e. The van der Waals surface area contributed by atoms with Crippen LogP contribution in [0.1, 0.15) is 57.4 Å². The summed E-state index contributed by atoms with van der Waals surface area (Å²) in [7, 11) is 0. The molecular formula is C23H32N4O2. The molecule has 1 N–H and O–H groups in total. The van der Waals surface area contributed by atoms with Gasteiger partial charge in [-0.05, 0) is 62.5 Å². The van der Waals surface area contributed by atoms with Gasteiger partial charge in [-0.25, -0.2) is 4.98 Å². The Hall–Kier alpha value is -2.13. The molecule has 0 unspecified atom stereocenters. The summed E-state index contributed by atoms with van der Waals surface area (Å²) in [6.07, 6.45) is 8.99. The van der Waals surface area contributed by atoms with Crippen LogP contribution in [-0.2, 0) is 9.53 Å². The lowest BCUT2D eigenvalue weighted by molar-refractivity contribution is -0.138. The fourth-order valence-electron chi connectivity index (χ4n) is 5.43. The second-order valence-corrected chi connectivity index (χ2v) is 8.88. The molecule has 6 nitrogen and oxygen atoms in total. The van der Waals surface area contributed by atoms with E-state index in [1.807, 2.05) is 0 Å². The first-order valence-corrected chi connectivity index (χ1v) is 11.2. The van der Waals surface area contributed by atoms with Crippen LogP contribution in [0.25, 0.3) is 0 Å². The number of pyridine rings is 1. The summed E-state index contributed by atoms with van der Waals surface area (Å²) in [6.45, 7) is 4.71. The molecule has 3 aliphatic rings. The second kappa shape index (κ2) is 9.13. The zero-order chi connectivity index (χ0) is 20.2. The van der Waals surface area contributed by atoms with Gasteiger partial charge in [0, 0.05) is 31.8 Å². The third-order valence-corrected chi connectivity index (χ3v) is 6.97. The minimum Gasteiger partial charge on any atom is -0.376 e. The number of likely N-dealkylation sites (tertiary alicyclic amines) is 1. The summed E-state index contributed by atoms with van der Waals surface area (Å²) in [6, 6.07) is 5.82. The maximum absolute atomic E-state index is 13.2. The Morgan fingerprint density at radius 1 is 1.31 bits per heavy atom. The van der Waals surface area contributed by atoms with Crippen LogP contribution in [0.3, 0.4) is 0 Å². The van der Waals surface area contributed by atoms with E-state index in [4.69, 9.17) is 4.74 Å². The van der Waals surface area contributed by atoms with Crippen LogP contribution < -0.4 is 5.32 Å². The van der Waals surface area contributed by atoms with E-state index in [0.29, 0.717) is 23.9 Å². The summed E-state index contributed by atoms with van der Waals surface area (Å²) >= 11 is 0. The molecule has 0 spiro atoms. The normalized spacial score (nSPS) is 31.3. The average molecular weight is 397 g/mol. The molecule has 1 aromatic heterocycles. The zero-order valence-electron chi connectivity index (χ0n) is 17.3. The fourth-order valence-corrected chi connectivity index (χ4v) is 5.43. The Bertz CT molecular complexity index is 749. The molecule has 156 valence electrons. The number of ether oxygens (including phenoxy) is 1. The summed E-state index contributed by atoms with van der Waals surface area (Å²) in [5, 5.41) is 12.8. The van der Waals surface area contributed by atoms with Crippen molar-refractivity contribution in [3.05, 3.63) is 23.9 Å². The van der Waals surface area contributed by atoms with Crippen molar-refractivity contribution in [2.45, 2.75) is 64.0 Å². The lowest BCUT2D eigenvalue weighted by Gasteiger charge is -2.37. The summed E-state index contributed by atoms with van der Waals surface area (Å²) < 4.78 is 6.16. The van der Waals surface area contributed by atoms with E-state index in [1.165, 1.54) is 19.3 Å². The molecule has 0 radical (unpaired) electrons. The van der Waals surface area contributed by atoms with Crippen molar-refractivity contribution in [2.75, 3.05) is 25.0 Å². The van der Waals surface area contributed by atoms with E-state index in [0.717, 1.165) is 50.6 Å². The minimum absolute atomic E-state index is 0.0340. The maximum atomic E-state index is 13.2. The standard InChI is InChI=1S/C23H32N4O2/c1-2-11-29-21-12-16(23(28)27-14-18-5-3-6-19(18)15-27)8-9-20(21)26-22-17(13-24)7-4-10-25-22/h4,7,10,16,18-21H,2-3,5-6,8-9,11-12,14-15H2,1H3,(H,25,26)/t16-,18-,19+,20-,21-/m0/s1. The summed E-state index contributed by atoms with van der Waals surface area (Å²) in [4.78, 5) is 19.7. The Morgan fingerprint density at radius 3 is 2.83 bits per heavy atom. The van der Waals surface area contributed by atoms with Crippen molar-refractivity contribution < 1.29 is 9.53 Å². The molecule has 3 fully saturated rings. The number of nitrogens with one attached hydrogen (secondary N) is 1. The first-order chi connectivity index (χ1) is 14.2. The third-order valence-electron chi connectivity index (χ3n) is 6.97. The van der Waals surface area contributed by atoms with Crippen LogP contribution in [0.15, 0.2) is 18.3 Å². The molecule has 2 saturated carbocycles. The van der Waals surface area contributed by atoms with Gasteiger partial charge in [-0.2, -0.15) is 5.26 Å². The van der Waals surface area contributed by atoms with Gasteiger partial charge in [-0.3, -0.25) is 4.79 Å². The highest BCUT2D eigenvalue weighted by atomic mass is 16.5.